The third kappa shape index (κ3) is 5.17. The minimum atomic E-state index is -0.761. The van der Waals surface area contributed by atoms with E-state index < -0.39 is 24.5 Å². The van der Waals surface area contributed by atoms with E-state index in [1.807, 2.05) is 54.6 Å². The quantitative estimate of drug-likeness (QED) is 0.585. The molecule has 0 aliphatic heterocycles. The van der Waals surface area contributed by atoms with Crippen LogP contribution in [0.15, 0.2) is 72.8 Å². The van der Waals surface area contributed by atoms with Gasteiger partial charge in [-0.15, -0.1) is 0 Å². The highest BCUT2D eigenvalue weighted by Crippen LogP contribution is 2.24. The van der Waals surface area contributed by atoms with E-state index in [0.29, 0.717) is 5.75 Å². The van der Waals surface area contributed by atoms with Crippen LogP contribution >= 0.6 is 0 Å². The number of hydrogen-bond donors (Lipinski definition) is 2. The number of carbonyl (C=O) groups is 2. The van der Waals surface area contributed by atoms with Crippen LogP contribution in [-0.4, -0.2) is 30.7 Å². The van der Waals surface area contributed by atoms with Gasteiger partial charge >= 0.3 is 5.97 Å². The Morgan fingerprint density at radius 1 is 0.967 bits per heavy atom. The van der Waals surface area contributed by atoms with Gasteiger partial charge in [0.25, 0.3) is 5.91 Å². The first-order chi connectivity index (χ1) is 14.5. The van der Waals surface area contributed by atoms with Crippen LogP contribution in [0.2, 0.25) is 0 Å². The average molecular weight is 405 g/mol. The van der Waals surface area contributed by atoms with Crippen LogP contribution in [0.4, 0.5) is 0 Å². The van der Waals surface area contributed by atoms with Gasteiger partial charge in [0.2, 0.25) is 0 Å². The molecule has 0 spiro atoms. The molecule has 30 heavy (non-hydrogen) atoms. The second-order valence-electron chi connectivity index (χ2n) is 6.78. The smallest absolute Gasteiger partial charge is 0.342 e. The number of ether oxygens (including phenoxy) is 2. The number of nitrogens with one attached hydrogen (secondary N) is 1. The highest BCUT2D eigenvalue weighted by molar-refractivity contribution is 5.94. The molecule has 1 amide bonds. The summed E-state index contributed by atoms with van der Waals surface area (Å²) in [5, 5.41) is 12.8. The van der Waals surface area contributed by atoms with Crippen molar-refractivity contribution >= 4 is 11.9 Å². The third-order valence-electron chi connectivity index (χ3n) is 4.59. The Morgan fingerprint density at radius 3 is 2.27 bits per heavy atom. The number of hydrogen-bond acceptors (Lipinski definition) is 5. The number of methoxy groups -OCH3 is 1. The van der Waals surface area contributed by atoms with Crippen molar-refractivity contribution < 1.29 is 24.2 Å². The van der Waals surface area contributed by atoms with E-state index in [-0.39, 0.29) is 11.3 Å². The first kappa shape index (κ1) is 20.9. The Morgan fingerprint density at radius 2 is 1.63 bits per heavy atom. The number of phenols is 1. The van der Waals surface area contributed by atoms with Crippen molar-refractivity contribution in [1.29, 1.82) is 0 Å². The molecule has 2 N–H and O–H groups in total. The molecule has 0 saturated carbocycles. The molecule has 1 atom stereocenters. The van der Waals surface area contributed by atoms with Gasteiger partial charge in [0.05, 0.1) is 13.2 Å². The molecule has 3 rings (SSSR count). The third-order valence-corrected chi connectivity index (χ3v) is 4.59. The van der Waals surface area contributed by atoms with Crippen molar-refractivity contribution in [1.82, 2.24) is 5.32 Å². The monoisotopic (exact) mass is 405 g/mol. The van der Waals surface area contributed by atoms with Crippen LogP contribution < -0.4 is 10.1 Å². The van der Waals surface area contributed by atoms with Gasteiger partial charge in [0, 0.05) is 0 Å². The topological polar surface area (TPSA) is 84.9 Å². The molecule has 0 aliphatic carbocycles. The van der Waals surface area contributed by atoms with E-state index in [4.69, 9.17) is 9.47 Å². The molecule has 0 unspecified atom stereocenters. The molecule has 154 valence electrons. The predicted octanol–water partition coefficient (Wildman–Crippen LogP) is 3.77. The summed E-state index contributed by atoms with van der Waals surface area (Å²) in [7, 11) is 1.59. The summed E-state index contributed by atoms with van der Waals surface area (Å²) in [5.41, 5.74) is 2.58. The number of aromatic hydroxyl groups is 1. The van der Waals surface area contributed by atoms with Crippen LogP contribution in [-0.2, 0) is 9.53 Å². The SMILES string of the molecule is COc1ccc([C@@H](NC(=O)COC(=O)c2ccc(C)cc2O)c2ccccc2)cc1. The van der Waals surface area contributed by atoms with Crippen LogP contribution in [0, 0.1) is 6.92 Å². The molecule has 0 saturated heterocycles. The van der Waals surface area contributed by atoms with Gasteiger partial charge in [-0.2, -0.15) is 0 Å². The van der Waals surface area contributed by atoms with Gasteiger partial charge in [0.15, 0.2) is 6.61 Å². The molecule has 0 bridgehead atoms. The number of rotatable bonds is 7. The van der Waals surface area contributed by atoms with Crippen molar-refractivity contribution in [3.05, 3.63) is 95.1 Å². The zero-order chi connectivity index (χ0) is 21.5. The second-order valence-corrected chi connectivity index (χ2v) is 6.78. The number of benzene rings is 3. The summed E-state index contributed by atoms with van der Waals surface area (Å²) in [4.78, 5) is 24.7. The Kier molecular flexibility index (Phi) is 6.70. The number of carbonyl (C=O) groups excluding carboxylic acids is 2. The molecule has 0 radical (unpaired) electrons. The molecule has 3 aromatic rings. The second kappa shape index (κ2) is 9.60. The van der Waals surface area contributed by atoms with Crippen molar-refractivity contribution in [3.8, 4) is 11.5 Å². The Hall–Kier alpha value is -3.80. The van der Waals surface area contributed by atoms with Gasteiger partial charge in [-0.25, -0.2) is 4.79 Å². The Bertz CT molecular complexity index is 1020. The van der Waals surface area contributed by atoms with Crippen molar-refractivity contribution in [2.75, 3.05) is 13.7 Å². The standard InChI is InChI=1S/C24H23NO5/c1-16-8-13-20(21(26)14-16)24(28)30-15-22(27)25-23(17-6-4-3-5-7-17)18-9-11-19(29-2)12-10-18/h3-14,23,26H,15H2,1-2H3,(H,25,27)/t23-/m0/s1. The van der Waals surface area contributed by atoms with Gasteiger partial charge < -0.3 is 19.9 Å². The van der Waals surface area contributed by atoms with Gasteiger partial charge in [-0.3, -0.25) is 4.79 Å². The summed E-state index contributed by atoms with van der Waals surface area (Å²) in [6, 6.07) is 21.1. The maximum absolute atomic E-state index is 12.5. The molecule has 0 aromatic heterocycles. The van der Waals surface area contributed by atoms with Gasteiger partial charge in [0.1, 0.15) is 17.1 Å². The number of aryl methyl sites for hydroxylation is 1. The van der Waals surface area contributed by atoms with Crippen LogP contribution in [0.25, 0.3) is 0 Å². The fourth-order valence-corrected chi connectivity index (χ4v) is 3.03. The molecule has 0 fully saturated rings. The lowest BCUT2D eigenvalue weighted by atomic mass is 9.98. The summed E-state index contributed by atoms with van der Waals surface area (Å²) in [5.74, 6) is -0.687. The fourth-order valence-electron chi connectivity index (χ4n) is 3.03. The van der Waals surface area contributed by atoms with Crippen LogP contribution in [0.1, 0.15) is 33.1 Å². The number of amides is 1. The van der Waals surface area contributed by atoms with Crippen molar-refractivity contribution in [2.45, 2.75) is 13.0 Å². The highest BCUT2D eigenvalue weighted by atomic mass is 16.5. The van der Waals surface area contributed by atoms with E-state index in [2.05, 4.69) is 5.32 Å². The van der Waals surface area contributed by atoms with Crippen LogP contribution in [0.3, 0.4) is 0 Å². The molecular weight excluding hydrogens is 382 g/mol. The van der Waals surface area contributed by atoms with E-state index >= 15 is 0 Å². The minimum Gasteiger partial charge on any atom is -0.507 e. The van der Waals surface area contributed by atoms with E-state index in [1.54, 1.807) is 20.1 Å². The molecule has 6 nitrogen and oxygen atoms in total. The highest BCUT2D eigenvalue weighted by Gasteiger charge is 2.19. The fraction of sp³-hybridized carbons (Fsp3) is 0.167. The van der Waals surface area contributed by atoms with Gasteiger partial charge in [-0.1, -0.05) is 48.5 Å². The molecule has 0 aliphatic rings. The lowest BCUT2D eigenvalue weighted by Gasteiger charge is -2.20. The molecule has 6 heteroatoms. The van der Waals surface area contributed by atoms with Crippen molar-refractivity contribution in [3.63, 3.8) is 0 Å². The largest absolute Gasteiger partial charge is 0.507 e. The zero-order valence-corrected chi connectivity index (χ0v) is 16.8. The average Bonchev–Trinajstić information content (AvgIpc) is 2.76. The van der Waals surface area contributed by atoms with Crippen LogP contribution in [0.5, 0.6) is 11.5 Å². The van der Waals surface area contributed by atoms with Gasteiger partial charge in [-0.05, 0) is 47.9 Å². The molecular formula is C24H23NO5. The lowest BCUT2D eigenvalue weighted by Crippen LogP contribution is -2.33. The maximum atomic E-state index is 12.5. The summed E-state index contributed by atoms with van der Waals surface area (Å²) in [6.45, 7) is 1.33. The summed E-state index contributed by atoms with van der Waals surface area (Å²) < 4.78 is 10.3. The molecule has 3 aromatic carbocycles. The van der Waals surface area contributed by atoms with Crippen molar-refractivity contribution in [2.24, 2.45) is 0 Å². The van der Waals surface area contributed by atoms with E-state index in [1.165, 1.54) is 12.1 Å². The zero-order valence-electron chi connectivity index (χ0n) is 16.8. The molecule has 0 heterocycles. The summed E-state index contributed by atoms with van der Waals surface area (Å²) in [6.07, 6.45) is 0. The Balaban J connectivity index is 1.70. The predicted molar refractivity (Wildman–Crippen MR) is 113 cm³/mol. The lowest BCUT2D eigenvalue weighted by molar-refractivity contribution is -0.124. The summed E-state index contributed by atoms with van der Waals surface area (Å²) >= 11 is 0. The van der Waals surface area contributed by atoms with E-state index in [9.17, 15) is 14.7 Å². The minimum absolute atomic E-state index is 0.0168. The number of esters is 1. The first-order valence-corrected chi connectivity index (χ1v) is 9.43. The normalized spacial score (nSPS) is 11.4. The Labute approximate surface area is 175 Å². The van der Waals surface area contributed by atoms with E-state index in [0.717, 1.165) is 16.7 Å². The first-order valence-electron chi connectivity index (χ1n) is 9.43. The number of phenolic OH excluding ortho intramolecular Hbond substituents is 1. The maximum Gasteiger partial charge on any atom is 0.342 e.